The standard InChI is InChI=1S/C13H24N2O3.ClH/c1-3-5-11(14)12(16)15-8-6-10(7-9-15)13(17)18-4-2;/h10-11H,3-9,14H2,1-2H3;1H. The predicted octanol–water partition coefficient (Wildman–Crippen LogP) is 1.34. The molecule has 0 bridgehead atoms. The summed E-state index contributed by atoms with van der Waals surface area (Å²) in [7, 11) is 0. The number of nitrogens with two attached hydrogens (primary N) is 1. The maximum atomic E-state index is 12.0. The topological polar surface area (TPSA) is 72.6 Å². The molecule has 5 nitrogen and oxygen atoms in total. The number of halogens is 1. The van der Waals surface area contributed by atoms with E-state index in [0.717, 1.165) is 12.8 Å². The number of likely N-dealkylation sites (tertiary alicyclic amines) is 1. The summed E-state index contributed by atoms with van der Waals surface area (Å²) >= 11 is 0. The summed E-state index contributed by atoms with van der Waals surface area (Å²) in [5.41, 5.74) is 5.82. The van der Waals surface area contributed by atoms with E-state index in [9.17, 15) is 9.59 Å². The SMILES string of the molecule is CCCC(N)C(=O)N1CCC(C(=O)OCC)CC1.Cl. The van der Waals surface area contributed by atoms with Gasteiger partial charge in [0.05, 0.1) is 18.6 Å². The Morgan fingerprint density at radius 1 is 1.32 bits per heavy atom. The van der Waals surface area contributed by atoms with Gasteiger partial charge in [0, 0.05) is 13.1 Å². The Labute approximate surface area is 121 Å². The van der Waals surface area contributed by atoms with E-state index in [1.165, 1.54) is 0 Å². The number of hydrogen-bond donors (Lipinski definition) is 1. The lowest BCUT2D eigenvalue weighted by Gasteiger charge is -2.32. The number of carbonyl (C=O) groups excluding carboxylic acids is 2. The molecule has 1 aliphatic rings. The van der Waals surface area contributed by atoms with E-state index in [-0.39, 0.29) is 30.2 Å². The summed E-state index contributed by atoms with van der Waals surface area (Å²) in [6, 6.07) is -0.394. The molecule has 1 amide bonds. The predicted molar refractivity (Wildman–Crippen MR) is 76.1 cm³/mol. The number of amides is 1. The summed E-state index contributed by atoms with van der Waals surface area (Å²) in [5.74, 6) is -0.182. The third-order valence-corrected chi connectivity index (χ3v) is 3.34. The number of piperidine rings is 1. The van der Waals surface area contributed by atoms with Gasteiger partial charge in [-0.15, -0.1) is 12.4 Å². The fraction of sp³-hybridized carbons (Fsp3) is 0.846. The van der Waals surface area contributed by atoms with Crippen molar-refractivity contribution in [2.24, 2.45) is 11.7 Å². The zero-order chi connectivity index (χ0) is 13.5. The highest BCUT2D eigenvalue weighted by molar-refractivity contribution is 5.85. The van der Waals surface area contributed by atoms with Crippen molar-refractivity contribution in [2.45, 2.75) is 45.6 Å². The lowest BCUT2D eigenvalue weighted by Crippen LogP contribution is -2.48. The molecule has 1 saturated heterocycles. The third-order valence-electron chi connectivity index (χ3n) is 3.34. The first-order valence-corrected chi connectivity index (χ1v) is 6.81. The van der Waals surface area contributed by atoms with Crippen molar-refractivity contribution in [3.05, 3.63) is 0 Å². The Hall–Kier alpha value is -0.810. The molecule has 1 atom stereocenters. The number of carbonyl (C=O) groups is 2. The smallest absolute Gasteiger partial charge is 0.309 e. The second kappa shape index (κ2) is 9.15. The number of nitrogens with zero attached hydrogens (tertiary/aromatic N) is 1. The van der Waals surface area contributed by atoms with Gasteiger partial charge in [0.1, 0.15) is 0 Å². The van der Waals surface area contributed by atoms with Crippen molar-refractivity contribution in [3.8, 4) is 0 Å². The lowest BCUT2D eigenvalue weighted by molar-refractivity contribution is -0.151. The van der Waals surface area contributed by atoms with Gasteiger partial charge >= 0.3 is 5.97 Å². The summed E-state index contributed by atoms with van der Waals surface area (Å²) < 4.78 is 5.00. The molecular formula is C13H25ClN2O3. The van der Waals surface area contributed by atoms with E-state index in [1.54, 1.807) is 11.8 Å². The number of esters is 1. The second-order valence-electron chi connectivity index (χ2n) is 4.75. The van der Waals surface area contributed by atoms with Gasteiger partial charge in [-0.2, -0.15) is 0 Å². The molecule has 0 saturated carbocycles. The largest absolute Gasteiger partial charge is 0.466 e. The van der Waals surface area contributed by atoms with Crippen LogP contribution < -0.4 is 5.73 Å². The molecule has 0 spiro atoms. The molecule has 6 heteroatoms. The Kier molecular flexibility index (Phi) is 8.76. The lowest BCUT2D eigenvalue weighted by atomic mass is 9.96. The van der Waals surface area contributed by atoms with Gasteiger partial charge in [-0.3, -0.25) is 9.59 Å². The van der Waals surface area contributed by atoms with E-state index >= 15 is 0 Å². The second-order valence-corrected chi connectivity index (χ2v) is 4.75. The van der Waals surface area contributed by atoms with Gasteiger partial charge < -0.3 is 15.4 Å². The van der Waals surface area contributed by atoms with Crippen LogP contribution in [0.4, 0.5) is 0 Å². The first-order chi connectivity index (χ1) is 8.60. The minimum atomic E-state index is -0.394. The van der Waals surface area contributed by atoms with E-state index < -0.39 is 6.04 Å². The summed E-state index contributed by atoms with van der Waals surface area (Å²) in [4.78, 5) is 25.3. The number of ether oxygens (including phenoxy) is 1. The average Bonchev–Trinajstić information content (AvgIpc) is 2.38. The molecular weight excluding hydrogens is 268 g/mol. The zero-order valence-electron chi connectivity index (χ0n) is 11.8. The molecule has 0 radical (unpaired) electrons. The molecule has 1 fully saturated rings. The summed E-state index contributed by atoms with van der Waals surface area (Å²) in [6.45, 7) is 5.46. The molecule has 0 aromatic rings. The molecule has 1 rings (SSSR count). The van der Waals surface area contributed by atoms with Crippen molar-refractivity contribution in [3.63, 3.8) is 0 Å². The van der Waals surface area contributed by atoms with Crippen molar-refractivity contribution < 1.29 is 14.3 Å². The molecule has 0 aromatic carbocycles. The van der Waals surface area contributed by atoms with Crippen LogP contribution in [0.2, 0.25) is 0 Å². The van der Waals surface area contributed by atoms with Gasteiger partial charge in [0.25, 0.3) is 0 Å². The highest BCUT2D eigenvalue weighted by Gasteiger charge is 2.29. The molecule has 1 aliphatic heterocycles. The van der Waals surface area contributed by atoms with Gasteiger partial charge in [0.15, 0.2) is 0 Å². The van der Waals surface area contributed by atoms with Crippen LogP contribution in [-0.4, -0.2) is 42.5 Å². The van der Waals surface area contributed by atoms with Gasteiger partial charge in [-0.25, -0.2) is 0 Å². The van der Waals surface area contributed by atoms with E-state index in [1.807, 2.05) is 6.92 Å². The van der Waals surface area contributed by atoms with Crippen LogP contribution in [0.15, 0.2) is 0 Å². The molecule has 0 aromatic heterocycles. The summed E-state index contributed by atoms with van der Waals surface area (Å²) in [5, 5.41) is 0. The van der Waals surface area contributed by atoms with Gasteiger partial charge in [-0.1, -0.05) is 13.3 Å². The maximum Gasteiger partial charge on any atom is 0.309 e. The van der Waals surface area contributed by atoms with Crippen molar-refractivity contribution in [2.75, 3.05) is 19.7 Å². The fourth-order valence-corrected chi connectivity index (χ4v) is 2.26. The minimum Gasteiger partial charge on any atom is -0.466 e. The first-order valence-electron chi connectivity index (χ1n) is 6.81. The quantitative estimate of drug-likeness (QED) is 0.776. The third kappa shape index (κ3) is 5.37. The van der Waals surface area contributed by atoms with E-state index in [2.05, 4.69) is 0 Å². The first kappa shape index (κ1) is 18.2. The minimum absolute atomic E-state index is 0. The van der Waals surface area contributed by atoms with E-state index in [0.29, 0.717) is 32.5 Å². The number of hydrogen-bond acceptors (Lipinski definition) is 4. The number of rotatable bonds is 5. The van der Waals surface area contributed by atoms with Gasteiger partial charge in [-0.05, 0) is 26.2 Å². The van der Waals surface area contributed by atoms with Crippen LogP contribution in [0.3, 0.4) is 0 Å². The molecule has 1 heterocycles. The van der Waals surface area contributed by atoms with Crippen molar-refractivity contribution in [1.29, 1.82) is 0 Å². The molecule has 112 valence electrons. The van der Waals surface area contributed by atoms with Crippen LogP contribution in [0, 0.1) is 5.92 Å². The van der Waals surface area contributed by atoms with Crippen LogP contribution in [0.5, 0.6) is 0 Å². The van der Waals surface area contributed by atoms with Crippen LogP contribution in [-0.2, 0) is 14.3 Å². The zero-order valence-corrected chi connectivity index (χ0v) is 12.6. The molecule has 1 unspecified atom stereocenters. The Morgan fingerprint density at radius 2 is 1.89 bits per heavy atom. The normalized spacial score (nSPS) is 17.5. The van der Waals surface area contributed by atoms with Crippen molar-refractivity contribution >= 4 is 24.3 Å². The highest BCUT2D eigenvalue weighted by atomic mass is 35.5. The molecule has 19 heavy (non-hydrogen) atoms. The average molecular weight is 293 g/mol. The molecule has 0 aliphatic carbocycles. The van der Waals surface area contributed by atoms with Crippen LogP contribution in [0.25, 0.3) is 0 Å². The van der Waals surface area contributed by atoms with Crippen LogP contribution >= 0.6 is 12.4 Å². The Balaban J connectivity index is 0.00000324. The fourth-order valence-electron chi connectivity index (χ4n) is 2.26. The monoisotopic (exact) mass is 292 g/mol. The maximum absolute atomic E-state index is 12.0. The Bertz CT molecular complexity index is 292. The highest BCUT2D eigenvalue weighted by Crippen LogP contribution is 2.19. The van der Waals surface area contributed by atoms with Gasteiger partial charge in [0.2, 0.25) is 5.91 Å². The summed E-state index contributed by atoms with van der Waals surface area (Å²) in [6.07, 6.45) is 3.00. The Morgan fingerprint density at radius 3 is 2.37 bits per heavy atom. The van der Waals surface area contributed by atoms with Crippen molar-refractivity contribution in [1.82, 2.24) is 4.90 Å². The molecule has 2 N–H and O–H groups in total. The van der Waals surface area contributed by atoms with E-state index in [4.69, 9.17) is 10.5 Å². The van der Waals surface area contributed by atoms with Crippen LogP contribution in [0.1, 0.15) is 39.5 Å².